The maximum atomic E-state index is 12.6. The van der Waals surface area contributed by atoms with Gasteiger partial charge in [-0.2, -0.15) is 28.2 Å². The van der Waals surface area contributed by atoms with Crippen LogP contribution >= 0.6 is 12.2 Å². The Labute approximate surface area is 116 Å². The molecule has 9 heteroatoms. The van der Waals surface area contributed by atoms with E-state index in [1.165, 1.54) is 18.3 Å². The average Bonchev–Trinajstić information content (AvgIpc) is 2.78. The van der Waals surface area contributed by atoms with Crippen LogP contribution in [-0.2, 0) is 6.18 Å². The maximum absolute atomic E-state index is 12.6. The van der Waals surface area contributed by atoms with Crippen LogP contribution in [0, 0.1) is 16.1 Å². The molecule has 0 bridgehead atoms. The molecule has 0 aliphatic rings. The first-order chi connectivity index (χ1) is 9.41. The van der Waals surface area contributed by atoms with Gasteiger partial charge in [0.05, 0.1) is 17.8 Å². The Bertz CT molecular complexity index is 733. The molecule has 102 valence electrons. The number of nitriles is 1. The summed E-state index contributed by atoms with van der Waals surface area (Å²) >= 11 is 4.68. The fourth-order valence-corrected chi connectivity index (χ4v) is 1.53. The van der Waals surface area contributed by atoms with Gasteiger partial charge in [0.25, 0.3) is 5.82 Å². The topological polar surface area (TPSA) is 69.8 Å². The molecule has 1 aromatic carbocycles. The minimum atomic E-state index is -4.66. The zero-order valence-corrected chi connectivity index (χ0v) is 10.5. The van der Waals surface area contributed by atoms with Crippen LogP contribution in [0.1, 0.15) is 17.0 Å². The molecule has 0 aliphatic carbocycles. The van der Waals surface area contributed by atoms with Gasteiger partial charge in [-0.05, 0) is 29.9 Å². The quantitative estimate of drug-likeness (QED) is 0.684. The van der Waals surface area contributed by atoms with E-state index in [1.807, 2.05) is 11.2 Å². The van der Waals surface area contributed by atoms with Crippen LogP contribution < -0.4 is 0 Å². The lowest BCUT2D eigenvalue weighted by molar-refractivity contribution is -0.147. The van der Waals surface area contributed by atoms with Gasteiger partial charge in [0, 0.05) is 0 Å². The van der Waals surface area contributed by atoms with E-state index in [0.717, 1.165) is 0 Å². The monoisotopic (exact) mass is 297 g/mol. The lowest BCUT2D eigenvalue weighted by atomic mass is 10.2. The lowest BCUT2D eigenvalue weighted by Crippen LogP contribution is -2.12. The number of aromatic nitrogens is 3. The maximum Gasteiger partial charge on any atom is 0.453 e. The smallest absolute Gasteiger partial charge is 0.250 e. The first kappa shape index (κ1) is 14.0. The van der Waals surface area contributed by atoms with Gasteiger partial charge in [-0.3, -0.25) is 0 Å². The molecule has 0 amide bonds. The lowest BCUT2D eigenvalue weighted by Gasteiger charge is -2.03. The van der Waals surface area contributed by atoms with Crippen molar-refractivity contribution >= 4 is 18.4 Å². The van der Waals surface area contributed by atoms with Crippen LogP contribution in [0.25, 0.3) is 0 Å². The second kappa shape index (κ2) is 5.26. The van der Waals surface area contributed by atoms with Crippen molar-refractivity contribution in [2.24, 2.45) is 5.10 Å². The van der Waals surface area contributed by atoms with Crippen molar-refractivity contribution in [2.45, 2.75) is 6.18 Å². The molecule has 2 rings (SSSR count). The zero-order chi connectivity index (χ0) is 14.8. The Hall–Kier alpha value is -2.47. The van der Waals surface area contributed by atoms with Crippen molar-refractivity contribution in [1.82, 2.24) is 14.9 Å². The van der Waals surface area contributed by atoms with Crippen LogP contribution in [0.2, 0.25) is 0 Å². The van der Waals surface area contributed by atoms with E-state index in [0.29, 0.717) is 15.8 Å². The number of halogens is 3. The van der Waals surface area contributed by atoms with Gasteiger partial charge < -0.3 is 0 Å². The number of hydrogen-bond acceptors (Lipinski definition) is 4. The third-order valence-corrected chi connectivity index (χ3v) is 2.53. The minimum Gasteiger partial charge on any atom is -0.250 e. The highest BCUT2D eigenvalue weighted by Gasteiger charge is 2.37. The third-order valence-electron chi connectivity index (χ3n) is 2.27. The number of rotatable bonds is 2. The summed E-state index contributed by atoms with van der Waals surface area (Å²) in [5.41, 5.74) is 0.971. The summed E-state index contributed by atoms with van der Waals surface area (Å²) in [6.07, 6.45) is -3.46. The average molecular weight is 297 g/mol. The van der Waals surface area contributed by atoms with E-state index in [4.69, 9.17) is 5.26 Å². The number of benzene rings is 1. The fraction of sp³-hybridized carbons (Fsp3) is 0.0909. The van der Waals surface area contributed by atoms with E-state index < -0.39 is 12.0 Å². The van der Waals surface area contributed by atoms with E-state index in [9.17, 15) is 13.2 Å². The molecule has 5 nitrogen and oxygen atoms in total. The molecule has 1 N–H and O–H groups in total. The van der Waals surface area contributed by atoms with Gasteiger partial charge >= 0.3 is 6.18 Å². The van der Waals surface area contributed by atoms with Gasteiger partial charge in [-0.15, -0.1) is 5.10 Å². The van der Waals surface area contributed by atoms with Crippen LogP contribution in [-0.4, -0.2) is 21.1 Å². The summed E-state index contributed by atoms with van der Waals surface area (Å²) in [5, 5.41) is 17.4. The Balaban J connectivity index is 2.34. The second-order valence-corrected chi connectivity index (χ2v) is 4.03. The first-order valence-electron chi connectivity index (χ1n) is 5.21. The third kappa shape index (κ3) is 2.92. The highest BCUT2D eigenvalue weighted by Crippen LogP contribution is 2.27. The van der Waals surface area contributed by atoms with Crippen molar-refractivity contribution in [2.75, 3.05) is 0 Å². The van der Waals surface area contributed by atoms with Crippen molar-refractivity contribution in [1.29, 1.82) is 5.26 Å². The molecule has 1 heterocycles. The number of alkyl halides is 3. The zero-order valence-electron chi connectivity index (χ0n) is 9.72. The van der Waals surface area contributed by atoms with Crippen LogP contribution in [0.4, 0.5) is 13.2 Å². The van der Waals surface area contributed by atoms with Crippen molar-refractivity contribution < 1.29 is 13.2 Å². The normalized spacial score (nSPS) is 11.7. The molecule has 0 radical (unpaired) electrons. The molecule has 0 unspecified atom stereocenters. The number of nitrogens with zero attached hydrogens (tertiary/aromatic N) is 4. The van der Waals surface area contributed by atoms with Crippen LogP contribution in [0.5, 0.6) is 0 Å². The van der Waals surface area contributed by atoms with Crippen molar-refractivity contribution in [3.8, 4) is 6.07 Å². The highest BCUT2D eigenvalue weighted by atomic mass is 32.1. The standard InChI is InChI=1S/C11H6F3N5S/c12-11(13,14)9-17-18-10(20)19(9)16-6-8-3-1-7(5-15)2-4-8/h1-4,6H,(H,18,20)/b16-6-. The molecule has 0 saturated heterocycles. The molecule has 20 heavy (non-hydrogen) atoms. The number of nitrogens with one attached hydrogen (secondary N) is 1. The molecule has 1 aromatic heterocycles. The summed E-state index contributed by atoms with van der Waals surface area (Å²) in [7, 11) is 0. The Kier molecular flexibility index (Phi) is 3.67. The number of aromatic amines is 1. The summed E-state index contributed by atoms with van der Waals surface area (Å²) in [4.78, 5) is 0. The predicted octanol–water partition coefficient (Wildman–Crippen LogP) is 2.71. The Morgan fingerprint density at radius 1 is 1.35 bits per heavy atom. The Morgan fingerprint density at radius 3 is 2.55 bits per heavy atom. The number of H-pyrrole nitrogens is 1. The van der Waals surface area contributed by atoms with Gasteiger partial charge in [-0.25, -0.2) is 5.10 Å². The molecule has 2 aromatic rings. The number of hydrogen-bond donors (Lipinski definition) is 1. The van der Waals surface area contributed by atoms with Gasteiger partial charge in [-0.1, -0.05) is 12.1 Å². The summed E-state index contributed by atoms with van der Waals surface area (Å²) in [6.45, 7) is 0. The van der Waals surface area contributed by atoms with E-state index in [2.05, 4.69) is 22.4 Å². The SMILES string of the molecule is N#Cc1ccc(/C=N\n2c(C(F)(F)F)n[nH]c2=S)cc1. The van der Waals surface area contributed by atoms with Gasteiger partial charge in [0.15, 0.2) is 0 Å². The molecule has 0 saturated carbocycles. The molecule has 0 fully saturated rings. The Morgan fingerprint density at radius 2 is 2.00 bits per heavy atom. The molecular weight excluding hydrogens is 291 g/mol. The van der Waals surface area contributed by atoms with E-state index in [1.54, 1.807) is 12.1 Å². The molecule has 0 spiro atoms. The van der Waals surface area contributed by atoms with Crippen molar-refractivity contribution in [3.63, 3.8) is 0 Å². The van der Waals surface area contributed by atoms with Crippen LogP contribution in [0.3, 0.4) is 0 Å². The van der Waals surface area contributed by atoms with Crippen LogP contribution in [0.15, 0.2) is 29.4 Å². The second-order valence-electron chi connectivity index (χ2n) is 3.64. The molecule has 0 aliphatic heterocycles. The minimum absolute atomic E-state index is 0.262. The predicted molar refractivity (Wildman–Crippen MR) is 66.6 cm³/mol. The highest BCUT2D eigenvalue weighted by molar-refractivity contribution is 7.71. The largest absolute Gasteiger partial charge is 0.453 e. The molecule has 0 atom stereocenters. The first-order valence-corrected chi connectivity index (χ1v) is 5.62. The van der Waals surface area contributed by atoms with E-state index in [-0.39, 0.29) is 4.77 Å². The summed E-state index contributed by atoms with van der Waals surface area (Å²) < 4.78 is 38.1. The van der Waals surface area contributed by atoms with Crippen molar-refractivity contribution in [3.05, 3.63) is 46.0 Å². The fourth-order valence-electron chi connectivity index (χ4n) is 1.35. The molecular formula is C11H6F3N5S. The summed E-state index contributed by atoms with van der Waals surface area (Å²) in [6, 6.07) is 8.10. The summed E-state index contributed by atoms with van der Waals surface area (Å²) in [5.74, 6) is -1.23. The van der Waals surface area contributed by atoms with Gasteiger partial charge in [0.2, 0.25) is 4.77 Å². The van der Waals surface area contributed by atoms with Gasteiger partial charge in [0.1, 0.15) is 0 Å². The van der Waals surface area contributed by atoms with E-state index >= 15 is 0 Å².